The Labute approximate surface area is 152 Å². The first-order valence-electron chi connectivity index (χ1n) is 8.50. The van der Waals surface area contributed by atoms with Crippen LogP contribution in [-0.4, -0.2) is 17.4 Å². The van der Waals surface area contributed by atoms with Crippen molar-refractivity contribution in [2.75, 3.05) is 17.2 Å². The van der Waals surface area contributed by atoms with Crippen LogP contribution in [0.2, 0.25) is 0 Å². The minimum absolute atomic E-state index is 0.323. The minimum atomic E-state index is -0.394. The monoisotopic (exact) mass is 349 g/mol. The SMILES string of the molecule is O=C(Nc1cccc(F)c1)c1cncc(NCCCc2ccccc2)c1. The highest BCUT2D eigenvalue weighted by Crippen LogP contribution is 2.13. The molecular formula is C21H20FN3O. The van der Waals surface area contributed by atoms with Gasteiger partial charge in [0.1, 0.15) is 5.82 Å². The number of nitrogens with one attached hydrogen (secondary N) is 2. The average Bonchev–Trinajstić information content (AvgIpc) is 2.66. The average molecular weight is 349 g/mol. The van der Waals surface area contributed by atoms with Gasteiger partial charge >= 0.3 is 0 Å². The number of anilines is 2. The lowest BCUT2D eigenvalue weighted by atomic mass is 10.1. The number of carbonyl (C=O) groups is 1. The van der Waals surface area contributed by atoms with Crippen LogP contribution in [0.25, 0.3) is 0 Å². The smallest absolute Gasteiger partial charge is 0.257 e. The van der Waals surface area contributed by atoms with Crippen LogP contribution in [0, 0.1) is 5.82 Å². The maximum Gasteiger partial charge on any atom is 0.257 e. The molecule has 0 radical (unpaired) electrons. The van der Waals surface area contributed by atoms with Crippen LogP contribution in [0.1, 0.15) is 22.3 Å². The summed E-state index contributed by atoms with van der Waals surface area (Å²) in [5.41, 5.74) is 2.92. The molecule has 0 fully saturated rings. The fraction of sp³-hybridized carbons (Fsp3) is 0.143. The maximum atomic E-state index is 13.2. The molecule has 1 heterocycles. The van der Waals surface area contributed by atoms with Crippen LogP contribution < -0.4 is 10.6 Å². The summed E-state index contributed by atoms with van der Waals surface area (Å²) < 4.78 is 13.2. The van der Waals surface area contributed by atoms with Gasteiger partial charge in [0.2, 0.25) is 0 Å². The number of amides is 1. The molecule has 0 spiro atoms. The predicted octanol–water partition coefficient (Wildman–Crippen LogP) is 4.52. The third kappa shape index (κ3) is 5.14. The largest absolute Gasteiger partial charge is 0.384 e. The third-order valence-electron chi connectivity index (χ3n) is 3.90. The molecule has 0 unspecified atom stereocenters. The van der Waals surface area contributed by atoms with Crippen molar-refractivity contribution in [1.82, 2.24) is 4.98 Å². The molecule has 0 aliphatic carbocycles. The van der Waals surface area contributed by atoms with E-state index in [1.54, 1.807) is 24.4 Å². The molecular weight excluding hydrogens is 329 g/mol. The lowest BCUT2D eigenvalue weighted by Gasteiger charge is -2.09. The summed E-state index contributed by atoms with van der Waals surface area (Å²) in [6.07, 6.45) is 5.13. The van der Waals surface area contributed by atoms with Crippen LogP contribution in [0.4, 0.5) is 15.8 Å². The van der Waals surface area contributed by atoms with E-state index in [1.807, 2.05) is 18.2 Å². The van der Waals surface area contributed by atoms with Crippen molar-refractivity contribution in [1.29, 1.82) is 0 Å². The lowest BCUT2D eigenvalue weighted by Crippen LogP contribution is -2.13. The Kier molecular flexibility index (Phi) is 5.93. The van der Waals surface area contributed by atoms with E-state index in [-0.39, 0.29) is 5.91 Å². The number of pyridine rings is 1. The molecule has 2 aromatic carbocycles. The van der Waals surface area contributed by atoms with E-state index in [2.05, 4.69) is 27.8 Å². The minimum Gasteiger partial charge on any atom is -0.384 e. The molecule has 0 bridgehead atoms. The van der Waals surface area contributed by atoms with E-state index in [0.717, 1.165) is 25.1 Å². The lowest BCUT2D eigenvalue weighted by molar-refractivity contribution is 0.102. The van der Waals surface area contributed by atoms with E-state index < -0.39 is 5.82 Å². The first-order valence-corrected chi connectivity index (χ1v) is 8.50. The van der Waals surface area contributed by atoms with Crippen LogP contribution in [0.15, 0.2) is 73.1 Å². The number of rotatable bonds is 7. The molecule has 4 nitrogen and oxygen atoms in total. The van der Waals surface area contributed by atoms with Gasteiger partial charge in [-0.05, 0) is 42.7 Å². The molecule has 5 heteroatoms. The van der Waals surface area contributed by atoms with Crippen molar-refractivity contribution in [2.24, 2.45) is 0 Å². The third-order valence-corrected chi connectivity index (χ3v) is 3.90. The first kappa shape index (κ1) is 17.6. The van der Waals surface area contributed by atoms with Gasteiger partial charge in [-0.1, -0.05) is 36.4 Å². The predicted molar refractivity (Wildman–Crippen MR) is 102 cm³/mol. The van der Waals surface area contributed by atoms with E-state index in [0.29, 0.717) is 11.3 Å². The van der Waals surface area contributed by atoms with Gasteiger partial charge in [0.25, 0.3) is 5.91 Å². The molecule has 1 aromatic heterocycles. The number of halogens is 1. The Balaban J connectivity index is 1.53. The van der Waals surface area contributed by atoms with Gasteiger partial charge in [0, 0.05) is 24.6 Å². The van der Waals surface area contributed by atoms with Crippen molar-refractivity contribution < 1.29 is 9.18 Å². The van der Waals surface area contributed by atoms with Crippen molar-refractivity contribution in [2.45, 2.75) is 12.8 Å². The summed E-state index contributed by atoms with van der Waals surface area (Å²) in [5, 5.41) is 5.95. The number of hydrogen-bond acceptors (Lipinski definition) is 3. The summed E-state index contributed by atoms with van der Waals surface area (Å²) >= 11 is 0. The van der Waals surface area contributed by atoms with Crippen LogP contribution >= 0.6 is 0 Å². The second kappa shape index (κ2) is 8.76. The molecule has 0 aliphatic heterocycles. The highest BCUT2D eigenvalue weighted by atomic mass is 19.1. The number of aromatic nitrogens is 1. The summed E-state index contributed by atoms with van der Waals surface area (Å²) in [6.45, 7) is 0.783. The molecule has 0 aliphatic rings. The van der Waals surface area contributed by atoms with Crippen LogP contribution in [0.5, 0.6) is 0 Å². The van der Waals surface area contributed by atoms with E-state index in [4.69, 9.17) is 0 Å². The van der Waals surface area contributed by atoms with Gasteiger partial charge in [-0.25, -0.2) is 4.39 Å². The van der Waals surface area contributed by atoms with Crippen LogP contribution in [-0.2, 0) is 6.42 Å². The summed E-state index contributed by atoms with van der Waals surface area (Å²) in [4.78, 5) is 16.4. The van der Waals surface area contributed by atoms with Crippen molar-refractivity contribution >= 4 is 17.3 Å². The molecule has 0 saturated heterocycles. The number of hydrogen-bond donors (Lipinski definition) is 2. The van der Waals surface area contributed by atoms with Crippen molar-refractivity contribution in [3.05, 3.63) is 90.0 Å². The topological polar surface area (TPSA) is 54.0 Å². The van der Waals surface area contributed by atoms with E-state index in [9.17, 15) is 9.18 Å². The number of benzene rings is 2. The fourth-order valence-corrected chi connectivity index (χ4v) is 2.60. The Hall–Kier alpha value is -3.21. The van der Waals surface area contributed by atoms with Gasteiger partial charge in [-0.3, -0.25) is 9.78 Å². The zero-order chi connectivity index (χ0) is 18.2. The first-order chi connectivity index (χ1) is 12.7. The highest BCUT2D eigenvalue weighted by molar-refractivity contribution is 6.04. The molecule has 3 rings (SSSR count). The fourth-order valence-electron chi connectivity index (χ4n) is 2.60. The Bertz CT molecular complexity index is 868. The van der Waals surface area contributed by atoms with Gasteiger partial charge in [0.15, 0.2) is 0 Å². The van der Waals surface area contributed by atoms with Gasteiger partial charge in [-0.2, -0.15) is 0 Å². The maximum absolute atomic E-state index is 13.2. The zero-order valence-corrected chi connectivity index (χ0v) is 14.3. The number of carbonyl (C=O) groups excluding carboxylic acids is 1. The van der Waals surface area contributed by atoms with Crippen molar-refractivity contribution in [3.8, 4) is 0 Å². The van der Waals surface area contributed by atoms with Gasteiger partial charge in [-0.15, -0.1) is 0 Å². The summed E-state index contributed by atoms with van der Waals surface area (Å²) in [7, 11) is 0. The summed E-state index contributed by atoms with van der Waals surface area (Å²) in [5.74, 6) is -0.717. The van der Waals surface area contributed by atoms with Gasteiger partial charge < -0.3 is 10.6 Å². The highest BCUT2D eigenvalue weighted by Gasteiger charge is 2.08. The molecule has 26 heavy (non-hydrogen) atoms. The van der Waals surface area contributed by atoms with Crippen molar-refractivity contribution in [3.63, 3.8) is 0 Å². The van der Waals surface area contributed by atoms with E-state index >= 15 is 0 Å². The second-order valence-corrected chi connectivity index (χ2v) is 5.94. The number of aryl methyl sites for hydroxylation is 1. The molecule has 0 atom stereocenters. The normalized spacial score (nSPS) is 10.3. The molecule has 0 saturated carbocycles. The second-order valence-electron chi connectivity index (χ2n) is 5.94. The molecule has 132 valence electrons. The molecule has 3 aromatic rings. The Morgan fingerprint density at radius 1 is 0.962 bits per heavy atom. The Morgan fingerprint density at radius 3 is 2.62 bits per heavy atom. The van der Waals surface area contributed by atoms with E-state index in [1.165, 1.54) is 23.9 Å². The summed E-state index contributed by atoms with van der Waals surface area (Å²) in [6, 6.07) is 17.8. The Morgan fingerprint density at radius 2 is 1.81 bits per heavy atom. The molecule has 1 amide bonds. The number of nitrogens with zero attached hydrogens (tertiary/aromatic N) is 1. The van der Waals surface area contributed by atoms with Crippen LogP contribution in [0.3, 0.4) is 0 Å². The van der Waals surface area contributed by atoms with Gasteiger partial charge in [0.05, 0.1) is 11.3 Å². The molecule has 2 N–H and O–H groups in total. The standard InChI is InChI=1S/C21H20FN3O/c22-18-9-4-10-19(13-18)25-21(26)17-12-20(15-23-14-17)24-11-5-8-16-6-2-1-3-7-16/h1-4,6-7,9-10,12-15,24H,5,8,11H2,(H,25,26). The zero-order valence-electron chi connectivity index (χ0n) is 14.3. The quantitative estimate of drug-likeness (QED) is 0.617.